The predicted molar refractivity (Wildman–Crippen MR) is 72.8 cm³/mol. The molecule has 1 amide bonds. The Morgan fingerprint density at radius 1 is 1.26 bits per heavy atom. The van der Waals surface area contributed by atoms with Crippen molar-refractivity contribution >= 4 is 12.1 Å². The van der Waals surface area contributed by atoms with E-state index in [1.807, 2.05) is 6.07 Å². The van der Waals surface area contributed by atoms with Gasteiger partial charge in [0.05, 0.1) is 6.21 Å². The van der Waals surface area contributed by atoms with Gasteiger partial charge in [-0.15, -0.1) is 0 Å². The van der Waals surface area contributed by atoms with Gasteiger partial charge in [-0.2, -0.15) is 5.10 Å². The minimum atomic E-state index is 0.0311. The summed E-state index contributed by atoms with van der Waals surface area (Å²) in [5.74, 6) is 1.55. The molecule has 2 fully saturated rings. The zero-order valence-electron chi connectivity index (χ0n) is 10.7. The standard InChI is InChI=1S/C15H18N2O2/c18-13-8-4-1-5-10(13)9-16-17-15(19)14-11-6-2-3-7-12(11)14/h1,4-5,8-9,11-12,14,18H,2-3,6-7H2,(H,17,19)/b16-9+. The fourth-order valence-electron chi connectivity index (χ4n) is 3.22. The summed E-state index contributed by atoms with van der Waals surface area (Å²) in [5.41, 5.74) is 3.20. The van der Waals surface area contributed by atoms with E-state index < -0.39 is 0 Å². The van der Waals surface area contributed by atoms with Crippen LogP contribution in [0.25, 0.3) is 0 Å². The van der Waals surface area contributed by atoms with Crippen molar-refractivity contribution in [2.75, 3.05) is 0 Å². The van der Waals surface area contributed by atoms with Crippen molar-refractivity contribution in [1.82, 2.24) is 5.43 Å². The van der Waals surface area contributed by atoms with Crippen LogP contribution < -0.4 is 5.43 Å². The van der Waals surface area contributed by atoms with Gasteiger partial charge in [-0.3, -0.25) is 4.79 Å². The first-order valence-electron chi connectivity index (χ1n) is 6.88. The number of hydrogen-bond donors (Lipinski definition) is 2. The van der Waals surface area contributed by atoms with Crippen LogP contribution in [0.2, 0.25) is 0 Å². The number of carbonyl (C=O) groups is 1. The third-order valence-electron chi connectivity index (χ3n) is 4.27. The van der Waals surface area contributed by atoms with Crippen LogP contribution in [0.1, 0.15) is 31.2 Å². The molecule has 4 heteroatoms. The molecule has 0 bridgehead atoms. The summed E-state index contributed by atoms with van der Waals surface area (Å²) in [7, 11) is 0. The van der Waals surface area contributed by atoms with E-state index in [2.05, 4.69) is 10.5 Å². The van der Waals surface area contributed by atoms with Crippen molar-refractivity contribution in [3.63, 3.8) is 0 Å². The fraction of sp³-hybridized carbons (Fsp3) is 0.467. The van der Waals surface area contributed by atoms with Gasteiger partial charge in [0.25, 0.3) is 0 Å². The van der Waals surface area contributed by atoms with E-state index in [0.29, 0.717) is 17.4 Å². The third-order valence-corrected chi connectivity index (χ3v) is 4.27. The molecule has 0 spiro atoms. The first-order chi connectivity index (χ1) is 9.27. The molecule has 2 atom stereocenters. The summed E-state index contributed by atoms with van der Waals surface area (Å²) >= 11 is 0. The number of carbonyl (C=O) groups excluding carboxylic acids is 1. The van der Waals surface area contributed by atoms with Crippen LogP contribution in [0, 0.1) is 17.8 Å². The molecular weight excluding hydrogens is 240 g/mol. The van der Waals surface area contributed by atoms with Crippen LogP contribution in [0.3, 0.4) is 0 Å². The van der Waals surface area contributed by atoms with Gasteiger partial charge in [0.15, 0.2) is 0 Å². The molecule has 2 aliphatic rings. The molecule has 19 heavy (non-hydrogen) atoms. The summed E-state index contributed by atoms with van der Waals surface area (Å²) in [6, 6.07) is 6.92. The van der Waals surface area contributed by atoms with Crippen LogP contribution in [0.4, 0.5) is 0 Å². The van der Waals surface area contributed by atoms with Crippen molar-refractivity contribution in [1.29, 1.82) is 0 Å². The van der Waals surface area contributed by atoms with Crippen LogP contribution in [-0.2, 0) is 4.79 Å². The average Bonchev–Trinajstić information content (AvgIpc) is 3.15. The second-order valence-corrected chi connectivity index (χ2v) is 5.43. The van der Waals surface area contributed by atoms with E-state index in [1.54, 1.807) is 18.2 Å². The highest BCUT2D eigenvalue weighted by Gasteiger charge is 2.54. The van der Waals surface area contributed by atoms with Crippen molar-refractivity contribution in [3.05, 3.63) is 29.8 Å². The van der Waals surface area contributed by atoms with Gasteiger partial charge in [-0.25, -0.2) is 5.43 Å². The molecule has 2 unspecified atom stereocenters. The molecule has 3 rings (SSSR count). The lowest BCUT2D eigenvalue weighted by Crippen LogP contribution is -2.20. The summed E-state index contributed by atoms with van der Waals surface area (Å²) in [6.45, 7) is 0. The summed E-state index contributed by atoms with van der Waals surface area (Å²) in [4.78, 5) is 12.0. The highest BCUT2D eigenvalue weighted by atomic mass is 16.3. The minimum absolute atomic E-state index is 0.0311. The lowest BCUT2D eigenvalue weighted by molar-refractivity contribution is -0.122. The first-order valence-corrected chi connectivity index (χ1v) is 6.88. The van der Waals surface area contributed by atoms with Gasteiger partial charge < -0.3 is 5.11 Å². The molecule has 2 saturated carbocycles. The Morgan fingerprint density at radius 3 is 2.63 bits per heavy atom. The number of nitrogens with one attached hydrogen (secondary N) is 1. The topological polar surface area (TPSA) is 61.7 Å². The number of amides is 1. The monoisotopic (exact) mass is 258 g/mol. The Kier molecular flexibility index (Phi) is 3.23. The Hall–Kier alpha value is -1.84. The second kappa shape index (κ2) is 5.03. The number of para-hydroxylation sites is 1. The molecule has 100 valence electrons. The van der Waals surface area contributed by atoms with Gasteiger partial charge in [0.2, 0.25) is 5.91 Å². The van der Waals surface area contributed by atoms with Gasteiger partial charge in [0, 0.05) is 11.5 Å². The molecule has 1 aromatic carbocycles. The van der Waals surface area contributed by atoms with E-state index in [4.69, 9.17) is 0 Å². The summed E-state index contributed by atoms with van der Waals surface area (Å²) in [5, 5.41) is 13.5. The van der Waals surface area contributed by atoms with Gasteiger partial charge in [-0.05, 0) is 36.8 Å². The maximum absolute atomic E-state index is 12.0. The number of hydrazone groups is 1. The average molecular weight is 258 g/mol. The molecule has 4 nitrogen and oxygen atoms in total. The number of aromatic hydroxyl groups is 1. The zero-order valence-corrected chi connectivity index (χ0v) is 10.7. The SMILES string of the molecule is O=C(N/N=C/c1ccccc1O)C1C2CCCCC21. The number of fused-ring (bicyclic) bond motifs is 1. The number of phenolic OH excluding ortho intramolecular Hbond substituents is 1. The maximum Gasteiger partial charge on any atom is 0.243 e. The molecular formula is C15H18N2O2. The normalized spacial score (nSPS) is 28.9. The minimum Gasteiger partial charge on any atom is -0.507 e. The summed E-state index contributed by atoms with van der Waals surface area (Å²) in [6.07, 6.45) is 6.37. The summed E-state index contributed by atoms with van der Waals surface area (Å²) < 4.78 is 0. The van der Waals surface area contributed by atoms with Gasteiger partial charge in [-0.1, -0.05) is 25.0 Å². The van der Waals surface area contributed by atoms with Crippen molar-refractivity contribution in [2.45, 2.75) is 25.7 Å². The lowest BCUT2D eigenvalue weighted by atomic mass is 10.0. The van der Waals surface area contributed by atoms with Crippen molar-refractivity contribution in [2.24, 2.45) is 22.9 Å². The molecule has 2 aliphatic carbocycles. The fourth-order valence-corrected chi connectivity index (χ4v) is 3.22. The largest absolute Gasteiger partial charge is 0.507 e. The number of rotatable bonds is 3. The molecule has 0 saturated heterocycles. The van der Waals surface area contributed by atoms with E-state index >= 15 is 0 Å². The lowest BCUT2D eigenvalue weighted by Gasteiger charge is -2.04. The zero-order chi connectivity index (χ0) is 13.2. The van der Waals surface area contributed by atoms with Crippen molar-refractivity contribution < 1.29 is 9.90 Å². The Labute approximate surface area is 112 Å². The second-order valence-electron chi connectivity index (χ2n) is 5.43. The van der Waals surface area contributed by atoms with E-state index in [9.17, 15) is 9.90 Å². The van der Waals surface area contributed by atoms with E-state index in [1.165, 1.54) is 31.9 Å². The Morgan fingerprint density at radius 2 is 1.95 bits per heavy atom. The molecule has 2 N–H and O–H groups in total. The number of benzene rings is 1. The van der Waals surface area contributed by atoms with Crippen LogP contribution >= 0.6 is 0 Å². The number of hydrogen-bond acceptors (Lipinski definition) is 3. The van der Waals surface area contributed by atoms with Gasteiger partial charge in [0.1, 0.15) is 5.75 Å². The molecule has 0 aliphatic heterocycles. The first kappa shape index (κ1) is 12.2. The predicted octanol–water partition coefficient (Wildman–Crippen LogP) is 2.28. The van der Waals surface area contributed by atoms with Gasteiger partial charge >= 0.3 is 0 Å². The van der Waals surface area contributed by atoms with E-state index in [-0.39, 0.29) is 17.6 Å². The van der Waals surface area contributed by atoms with Crippen LogP contribution in [0.5, 0.6) is 5.75 Å². The smallest absolute Gasteiger partial charge is 0.243 e. The number of nitrogens with zero attached hydrogens (tertiary/aromatic N) is 1. The van der Waals surface area contributed by atoms with E-state index in [0.717, 1.165) is 0 Å². The quantitative estimate of drug-likeness (QED) is 0.645. The Bertz CT molecular complexity index is 501. The highest BCUT2D eigenvalue weighted by molar-refractivity contribution is 5.86. The molecule has 0 heterocycles. The molecule has 1 aromatic rings. The maximum atomic E-state index is 12.0. The molecule has 0 aromatic heterocycles. The number of phenols is 1. The van der Waals surface area contributed by atoms with Crippen LogP contribution in [-0.4, -0.2) is 17.2 Å². The highest BCUT2D eigenvalue weighted by Crippen LogP contribution is 2.55. The van der Waals surface area contributed by atoms with Crippen molar-refractivity contribution in [3.8, 4) is 5.75 Å². The third kappa shape index (κ3) is 2.48. The Balaban J connectivity index is 1.55. The molecule has 0 radical (unpaired) electrons. The van der Waals surface area contributed by atoms with Crippen LogP contribution in [0.15, 0.2) is 29.4 Å².